The van der Waals surface area contributed by atoms with Crippen LogP contribution in [0.4, 0.5) is 0 Å². The van der Waals surface area contributed by atoms with Crippen molar-refractivity contribution in [2.75, 3.05) is 6.79 Å². The zero-order chi connectivity index (χ0) is 9.42. The summed E-state index contributed by atoms with van der Waals surface area (Å²) in [5, 5.41) is 0.540. The van der Waals surface area contributed by atoms with Gasteiger partial charge in [-0.1, -0.05) is 11.6 Å². The zero-order valence-corrected chi connectivity index (χ0v) is 8.98. The van der Waals surface area contributed by atoms with Crippen molar-refractivity contribution in [2.24, 2.45) is 5.73 Å². The van der Waals surface area contributed by atoms with E-state index in [9.17, 15) is 0 Å². The molecule has 0 saturated heterocycles. The first-order valence-corrected chi connectivity index (χ1v) is 4.87. The molecule has 0 atom stereocenters. The van der Waals surface area contributed by atoms with Gasteiger partial charge in [0, 0.05) is 6.54 Å². The lowest BCUT2D eigenvalue weighted by atomic mass is 10.2. The normalized spacial score (nSPS) is 13.5. The van der Waals surface area contributed by atoms with Crippen LogP contribution in [0.3, 0.4) is 0 Å². The molecular formula is C8H7BrClNO2. The van der Waals surface area contributed by atoms with Gasteiger partial charge in [-0.25, -0.2) is 0 Å². The summed E-state index contributed by atoms with van der Waals surface area (Å²) in [6, 6.07) is 1.84. The number of nitrogens with two attached hydrogens (primary N) is 1. The van der Waals surface area contributed by atoms with Crippen LogP contribution in [-0.2, 0) is 6.54 Å². The van der Waals surface area contributed by atoms with Crippen LogP contribution in [0.5, 0.6) is 11.5 Å². The lowest BCUT2D eigenvalue weighted by Crippen LogP contribution is -1.97. The lowest BCUT2D eigenvalue weighted by molar-refractivity contribution is 0.173. The van der Waals surface area contributed by atoms with Crippen molar-refractivity contribution in [3.05, 3.63) is 21.1 Å². The monoisotopic (exact) mass is 263 g/mol. The van der Waals surface area contributed by atoms with Gasteiger partial charge >= 0.3 is 0 Å². The van der Waals surface area contributed by atoms with E-state index < -0.39 is 0 Å². The van der Waals surface area contributed by atoms with E-state index in [2.05, 4.69) is 15.9 Å². The Morgan fingerprint density at radius 1 is 1.46 bits per heavy atom. The van der Waals surface area contributed by atoms with E-state index in [0.717, 1.165) is 10.0 Å². The van der Waals surface area contributed by atoms with Crippen LogP contribution in [0.1, 0.15) is 5.56 Å². The predicted molar refractivity (Wildman–Crippen MR) is 53.2 cm³/mol. The second-order valence-electron chi connectivity index (χ2n) is 2.60. The van der Waals surface area contributed by atoms with Crippen LogP contribution in [0.15, 0.2) is 10.5 Å². The van der Waals surface area contributed by atoms with Crippen molar-refractivity contribution < 1.29 is 9.47 Å². The largest absolute Gasteiger partial charge is 0.452 e. The standard InChI is InChI=1S/C8H7BrClNO2/c9-5-1-4(2-11)6(10)8-7(5)12-3-13-8/h1H,2-3,11H2. The Kier molecular flexibility index (Phi) is 2.36. The summed E-state index contributed by atoms with van der Waals surface area (Å²) >= 11 is 9.37. The fourth-order valence-corrected chi connectivity index (χ4v) is 2.04. The van der Waals surface area contributed by atoms with E-state index in [1.54, 1.807) is 0 Å². The minimum atomic E-state index is 0.210. The summed E-state index contributed by atoms with van der Waals surface area (Å²) in [5.74, 6) is 1.23. The average molecular weight is 265 g/mol. The predicted octanol–water partition coefficient (Wildman–Crippen LogP) is 2.29. The van der Waals surface area contributed by atoms with Gasteiger partial charge in [0.05, 0.1) is 9.50 Å². The van der Waals surface area contributed by atoms with Crippen molar-refractivity contribution >= 4 is 27.5 Å². The molecule has 0 aliphatic carbocycles. The van der Waals surface area contributed by atoms with Crippen molar-refractivity contribution in [3.8, 4) is 11.5 Å². The summed E-state index contributed by atoms with van der Waals surface area (Å²) in [6.45, 7) is 0.593. The molecular weight excluding hydrogens is 257 g/mol. The number of halogens is 2. The summed E-state index contributed by atoms with van der Waals surface area (Å²) < 4.78 is 11.3. The molecule has 1 aliphatic heterocycles. The van der Waals surface area contributed by atoms with E-state index in [-0.39, 0.29) is 6.79 Å². The van der Waals surface area contributed by atoms with Gasteiger partial charge in [-0.2, -0.15) is 0 Å². The highest BCUT2D eigenvalue weighted by atomic mass is 79.9. The third-order valence-electron chi connectivity index (χ3n) is 1.83. The van der Waals surface area contributed by atoms with E-state index in [1.165, 1.54) is 0 Å². The first-order valence-electron chi connectivity index (χ1n) is 3.70. The maximum Gasteiger partial charge on any atom is 0.231 e. The van der Waals surface area contributed by atoms with Gasteiger partial charge in [-0.3, -0.25) is 0 Å². The van der Waals surface area contributed by atoms with E-state index in [4.69, 9.17) is 26.8 Å². The van der Waals surface area contributed by atoms with Gasteiger partial charge in [-0.15, -0.1) is 0 Å². The number of rotatable bonds is 1. The first kappa shape index (κ1) is 9.12. The number of hydrogen-bond acceptors (Lipinski definition) is 3. The van der Waals surface area contributed by atoms with Crippen LogP contribution in [0.25, 0.3) is 0 Å². The molecule has 5 heteroatoms. The van der Waals surface area contributed by atoms with Gasteiger partial charge in [0.15, 0.2) is 11.5 Å². The van der Waals surface area contributed by atoms with E-state index >= 15 is 0 Å². The van der Waals surface area contributed by atoms with Crippen molar-refractivity contribution in [1.29, 1.82) is 0 Å². The Morgan fingerprint density at radius 2 is 2.15 bits per heavy atom. The third-order valence-corrected chi connectivity index (χ3v) is 2.84. The van der Waals surface area contributed by atoms with Crippen LogP contribution >= 0.6 is 27.5 Å². The Bertz CT molecular complexity index is 356. The van der Waals surface area contributed by atoms with Gasteiger partial charge in [0.25, 0.3) is 0 Å². The van der Waals surface area contributed by atoms with Gasteiger partial charge in [0.1, 0.15) is 0 Å². The number of ether oxygens (including phenoxy) is 2. The third kappa shape index (κ3) is 1.39. The highest BCUT2D eigenvalue weighted by molar-refractivity contribution is 9.10. The lowest BCUT2D eigenvalue weighted by Gasteiger charge is -2.06. The Morgan fingerprint density at radius 3 is 2.85 bits per heavy atom. The Hall–Kier alpha value is -0.450. The zero-order valence-electron chi connectivity index (χ0n) is 6.64. The van der Waals surface area contributed by atoms with Crippen LogP contribution in [-0.4, -0.2) is 6.79 Å². The van der Waals surface area contributed by atoms with E-state index in [0.29, 0.717) is 23.1 Å². The molecule has 1 aliphatic rings. The SMILES string of the molecule is NCc1cc(Br)c2c(c1Cl)OCO2. The summed E-state index contributed by atoms with van der Waals surface area (Å²) in [6.07, 6.45) is 0. The first-order chi connectivity index (χ1) is 6.24. The highest BCUT2D eigenvalue weighted by Gasteiger charge is 2.22. The summed E-state index contributed by atoms with van der Waals surface area (Å²) in [5.41, 5.74) is 6.36. The molecule has 1 aromatic rings. The van der Waals surface area contributed by atoms with Crippen molar-refractivity contribution in [2.45, 2.75) is 6.54 Å². The van der Waals surface area contributed by atoms with Crippen LogP contribution < -0.4 is 15.2 Å². The maximum absolute atomic E-state index is 6.02. The molecule has 1 heterocycles. The van der Waals surface area contributed by atoms with Crippen LogP contribution in [0, 0.1) is 0 Å². The Labute approximate surface area is 88.9 Å². The molecule has 0 fully saturated rings. The molecule has 0 amide bonds. The average Bonchev–Trinajstić information content (AvgIpc) is 2.60. The molecule has 1 aromatic carbocycles. The van der Waals surface area contributed by atoms with E-state index in [1.807, 2.05) is 6.07 Å². The van der Waals surface area contributed by atoms with Crippen LogP contribution in [0.2, 0.25) is 5.02 Å². The van der Waals surface area contributed by atoms with Gasteiger partial charge < -0.3 is 15.2 Å². The molecule has 2 rings (SSSR count). The molecule has 0 bridgehead atoms. The fourth-order valence-electron chi connectivity index (χ4n) is 1.20. The van der Waals surface area contributed by atoms with Gasteiger partial charge in [0.2, 0.25) is 6.79 Å². The fraction of sp³-hybridized carbons (Fsp3) is 0.250. The second kappa shape index (κ2) is 3.36. The smallest absolute Gasteiger partial charge is 0.231 e. The number of hydrogen-bond donors (Lipinski definition) is 1. The minimum absolute atomic E-state index is 0.210. The topological polar surface area (TPSA) is 44.5 Å². The number of benzene rings is 1. The Balaban J connectivity index is 2.62. The molecule has 70 valence electrons. The quantitative estimate of drug-likeness (QED) is 0.846. The van der Waals surface area contributed by atoms with Crippen molar-refractivity contribution in [1.82, 2.24) is 0 Å². The maximum atomic E-state index is 6.02. The number of fused-ring (bicyclic) bond motifs is 1. The molecule has 2 N–H and O–H groups in total. The molecule has 0 radical (unpaired) electrons. The van der Waals surface area contributed by atoms with Gasteiger partial charge in [-0.05, 0) is 27.6 Å². The summed E-state index contributed by atoms with van der Waals surface area (Å²) in [4.78, 5) is 0. The summed E-state index contributed by atoms with van der Waals surface area (Å²) in [7, 11) is 0. The second-order valence-corrected chi connectivity index (χ2v) is 3.83. The molecule has 13 heavy (non-hydrogen) atoms. The molecule has 0 spiro atoms. The minimum Gasteiger partial charge on any atom is -0.452 e. The van der Waals surface area contributed by atoms with Crippen molar-refractivity contribution in [3.63, 3.8) is 0 Å². The molecule has 0 aromatic heterocycles. The molecule has 0 saturated carbocycles. The highest BCUT2D eigenvalue weighted by Crippen LogP contribution is 2.45. The molecule has 0 unspecified atom stereocenters. The molecule has 3 nitrogen and oxygen atoms in total.